The van der Waals surface area contributed by atoms with E-state index in [1.165, 1.54) is 4.90 Å². The maximum atomic E-state index is 12.2. The topological polar surface area (TPSA) is 74.7 Å². The smallest absolute Gasteiger partial charge is 0.328 e. The number of hydrogen-bond donors (Lipinski definition) is 1. The Labute approximate surface area is 111 Å². The van der Waals surface area contributed by atoms with Gasteiger partial charge in [-0.2, -0.15) is 0 Å². The van der Waals surface area contributed by atoms with Crippen LogP contribution in [0.4, 0.5) is 0 Å². The van der Waals surface area contributed by atoms with E-state index < -0.39 is 36.2 Å². The van der Waals surface area contributed by atoms with Crippen molar-refractivity contribution in [2.24, 2.45) is 0 Å². The van der Waals surface area contributed by atoms with Crippen molar-refractivity contribution < 1.29 is 18.9 Å². The largest absolute Gasteiger partial charge is 0.480 e. The first-order chi connectivity index (χ1) is 7.13. The van der Waals surface area contributed by atoms with Crippen LogP contribution in [-0.4, -0.2) is 45.5 Å². The van der Waals surface area contributed by atoms with E-state index >= 15 is 0 Å². The van der Waals surface area contributed by atoms with Gasteiger partial charge < -0.3 is 10.0 Å². The van der Waals surface area contributed by atoms with E-state index in [0.717, 1.165) is 0 Å². The zero-order chi connectivity index (χ0) is 12.5. The normalized spacial score (nSPS) is 39.1. The van der Waals surface area contributed by atoms with Gasteiger partial charge in [0.25, 0.3) is 5.91 Å². The number of hydrogen-bond acceptors (Lipinski definition) is 3. The molecule has 90 valence electrons. The molecule has 1 N–H and O–H groups in total. The zero-order valence-electron chi connectivity index (χ0n) is 8.44. The Morgan fingerprint density at radius 2 is 2.00 bits per heavy atom. The van der Waals surface area contributed by atoms with E-state index in [1.54, 1.807) is 13.8 Å². The molecule has 2 aliphatic heterocycles. The number of aliphatic carboxylic acids is 1. The van der Waals surface area contributed by atoms with Gasteiger partial charge in [0.1, 0.15) is 11.4 Å². The van der Waals surface area contributed by atoms with Crippen molar-refractivity contribution in [2.75, 3.05) is 0 Å². The number of halogens is 2. The van der Waals surface area contributed by atoms with Crippen LogP contribution >= 0.6 is 31.9 Å². The molecule has 0 aromatic rings. The van der Waals surface area contributed by atoms with E-state index in [9.17, 15) is 13.8 Å². The van der Waals surface area contributed by atoms with Crippen LogP contribution in [0.25, 0.3) is 0 Å². The molecule has 2 aliphatic rings. The van der Waals surface area contributed by atoms with Crippen LogP contribution < -0.4 is 0 Å². The van der Waals surface area contributed by atoms with Crippen molar-refractivity contribution in [2.45, 2.75) is 33.2 Å². The minimum atomic E-state index is -1.43. The van der Waals surface area contributed by atoms with Crippen LogP contribution in [0.1, 0.15) is 13.8 Å². The predicted molar refractivity (Wildman–Crippen MR) is 64.9 cm³/mol. The number of fused-ring (bicyclic) bond motifs is 1. The van der Waals surface area contributed by atoms with Gasteiger partial charge in [-0.3, -0.25) is 9.00 Å². The van der Waals surface area contributed by atoms with E-state index in [4.69, 9.17) is 5.11 Å². The van der Waals surface area contributed by atoms with Gasteiger partial charge in [0.2, 0.25) is 0 Å². The van der Waals surface area contributed by atoms with Gasteiger partial charge >= 0.3 is 5.97 Å². The number of carbonyl (C=O) groups is 2. The summed E-state index contributed by atoms with van der Waals surface area (Å²) in [6.45, 7) is 3.20. The second-order valence-electron chi connectivity index (χ2n) is 4.33. The fourth-order valence-corrected chi connectivity index (χ4v) is 5.80. The summed E-state index contributed by atoms with van der Waals surface area (Å²) in [6.07, 6.45) is 0. The van der Waals surface area contributed by atoms with E-state index in [0.29, 0.717) is 0 Å². The molecule has 8 heteroatoms. The van der Waals surface area contributed by atoms with E-state index in [-0.39, 0.29) is 5.91 Å². The Hall–Kier alpha value is 0.0500. The number of carboxylic acids is 1. The van der Waals surface area contributed by atoms with Crippen molar-refractivity contribution >= 4 is 54.5 Å². The van der Waals surface area contributed by atoms with Crippen molar-refractivity contribution in [3.63, 3.8) is 0 Å². The second kappa shape index (κ2) is 3.29. The molecule has 0 saturated carbocycles. The Morgan fingerprint density at radius 3 is 2.44 bits per heavy atom. The molecule has 2 saturated heterocycles. The third-order valence-corrected chi connectivity index (χ3v) is 7.37. The minimum absolute atomic E-state index is 0.385. The average molecular weight is 375 g/mol. The first-order valence-corrected chi connectivity index (χ1v) is 7.27. The van der Waals surface area contributed by atoms with Crippen molar-refractivity contribution in [1.82, 2.24) is 4.90 Å². The summed E-state index contributed by atoms with van der Waals surface area (Å²) in [5.41, 5.74) is 0. The lowest BCUT2D eigenvalue weighted by molar-refractivity contribution is -0.157. The summed E-state index contributed by atoms with van der Waals surface area (Å²) < 4.78 is 10.1. The third-order valence-electron chi connectivity index (χ3n) is 2.97. The summed E-state index contributed by atoms with van der Waals surface area (Å²) in [7, 11) is -1.43. The van der Waals surface area contributed by atoms with Crippen LogP contribution in [0.3, 0.4) is 0 Å². The van der Waals surface area contributed by atoms with Crippen LogP contribution in [0.15, 0.2) is 0 Å². The van der Waals surface area contributed by atoms with E-state index in [1.807, 2.05) is 0 Å². The molecule has 0 aliphatic carbocycles. The van der Waals surface area contributed by atoms with Crippen molar-refractivity contribution in [3.8, 4) is 0 Å². The van der Waals surface area contributed by atoms with E-state index in [2.05, 4.69) is 31.9 Å². The predicted octanol–water partition coefficient (Wildman–Crippen LogP) is 0.635. The van der Waals surface area contributed by atoms with Gasteiger partial charge in [0, 0.05) is 0 Å². The Morgan fingerprint density at radius 1 is 1.50 bits per heavy atom. The third kappa shape index (κ3) is 1.23. The molecule has 0 aromatic heterocycles. The number of carbonyl (C=O) groups excluding carboxylic acids is 1. The maximum Gasteiger partial charge on any atom is 0.328 e. The second-order valence-corrected chi connectivity index (χ2v) is 9.99. The highest BCUT2D eigenvalue weighted by atomic mass is 79.9. The van der Waals surface area contributed by atoms with Gasteiger partial charge in [-0.25, -0.2) is 4.79 Å². The summed E-state index contributed by atoms with van der Waals surface area (Å²) in [5.74, 6) is -1.51. The SMILES string of the molecule is CC1(C)[C@@H](C(=O)O)N2C(=O)C(Br)(Br)[C@H]2[S@@]1=O. The molecule has 2 fully saturated rings. The lowest BCUT2D eigenvalue weighted by Gasteiger charge is -2.45. The summed E-state index contributed by atoms with van der Waals surface area (Å²) in [4.78, 5) is 24.1. The highest BCUT2D eigenvalue weighted by molar-refractivity contribution is 9.26. The molecular weight excluding hydrogens is 366 g/mol. The molecule has 0 aromatic carbocycles. The molecule has 0 unspecified atom stereocenters. The molecule has 5 nitrogen and oxygen atoms in total. The van der Waals surface area contributed by atoms with Gasteiger partial charge in [-0.05, 0) is 13.8 Å². The number of nitrogens with zero attached hydrogens (tertiary/aromatic N) is 1. The Balaban J connectivity index is 2.50. The number of rotatable bonds is 1. The molecule has 0 bridgehead atoms. The number of alkyl halides is 2. The Bertz CT molecular complexity index is 422. The first-order valence-electron chi connectivity index (χ1n) is 4.47. The number of carboxylic acid groups (broad SMARTS) is 1. The molecule has 1 amide bonds. The van der Waals surface area contributed by atoms with Crippen LogP contribution in [0.2, 0.25) is 0 Å². The first kappa shape index (κ1) is 12.5. The molecule has 2 rings (SSSR count). The van der Waals surface area contributed by atoms with Gasteiger partial charge in [-0.15, -0.1) is 0 Å². The molecule has 16 heavy (non-hydrogen) atoms. The number of β-lactam (4-membered cyclic amide) rings is 1. The van der Waals surface area contributed by atoms with Gasteiger partial charge in [-0.1, -0.05) is 31.9 Å². The standard InChI is InChI=1S/C8H9Br2NO4S/c1-7(2)3(4(12)13)11-5(14)8(9,10)6(11)16(7)15/h3,6H,1-2H3,(H,12,13)/t3-,6-,16+/m1/s1. The molecular formula is C8H9Br2NO4S. The average Bonchev–Trinajstić information content (AvgIpc) is 2.33. The summed E-state index contributed by atoms with van der Waals surface area (Å²) in [5, 5.41) is 8.49. The minimum Gasteiger partial charge on any atom is -0.480 e. The van der Waals surface area contributed by atoms with Crippen molar-refractivity contribution in [3.05, 3.63) is 0 Å². The van der Waals surface area contributed by atoms with Crippen LogP contribution in [0.5, 0.6) is 0 Å². The Kier molecular flexibility index (Phi) is 2.57. The van der Waals surface area contributed by atoms with Crippen molar-refractivity contribution in [1.29, 1.82) is 0 Å². The summed E-state index contributed by atoms with van der Waals surface area (Å²) >= 11 is 6.29. The van der Waals surface area contributed by atoms with Gasteiger partial charge in [0.15, 0.2) is 3.23 Å². The lowest BCUT2D eigenvalue weighted by atomic mass is 9.98. The number of amides is 1. The fourth-order valence-electron chi connectivity index (χ4n) is 2.13. The lowest BCUT2D eigenvalue weighted by Crippen LogP contribution is -2.69. The monoisotopic (exact) mass is 373 g/mol. The van der Waals surface area contributed by atoms with Crippen LogP contribution in [0, 0.1) is 0 Å². The highest BCUT2D eigenvalue weighted by Gasteiger charge is 2.73. The van der Waals surface area contributed by atoms with Crippen LogP contribution in [-0.2, 0) is 20.4 Å². The molecule has 2 heterocycles. The molecule has 3 atom stereocenters. The fraction of sp³-hybridized carbons (Fsp3) is 0.750. The van der Waals surface area contributed by atoms with Gasteiger partial charge in [0.05, 0.1) is 15.5 Å². The molecule has 0 spiro atoms. The quantitative estimate of drug-likeness (QED) is 0.539. The maximum absolute atomic E-state index is 12.2. The zero-order valence-corrected chi connectivity index (χ0v) is 12.4. The summed E-state index contributed by atoms with van der Waals surface area (Å²) in [6, 6.07) is -1.03. The molecule has 0 radical (unpaired) electrons. The highest BCUT2D eigenvalue weighted by Crippen LogP contribution is 2.54.